The minimum Gasteiger partial charge on any atom is -0.498 e. The highest BCUT2D eigenvalue weighted by atomic mass is 16.6. The van der Waals surface area contributed by atoms with E-state index >= 15 is 0 Å². The zero-order chi connectivity index (χ0) is 28.4. The maximum absolute atomic E-state index is 13.3. The van der Waals surface area contributed by atoms with Crippen LogP contribution >= 0.6 is 0 Å². The highest BCUT2D eigenvalue weighted by Gasteiger charge is 2.44. The highest BCUT2D eigenvalue weighted by molar-refractivity contribution is 5.99. The number of hydrogen-bond acceptors (Lipinski definition) is 9. The standard InChI is InChI=1S/C27H40N2O9/c1-7-8-10-19-23(38-21(31)13-15(2)3)17(5)37-27(34)22(16(4)36-26(19)33)29-25(32)18-11-9-12-20(28-14-30)24(18)35-6/h9,11,14-17,19-20,22-23H,7-8,10,12-13H2,1-6H3,(H,28,30)(H,29,32)/t16?,17-,19+,20+,22?,23?/m0/s1. The van der Waals surface area contributed by atoms with Gasteiger partial charge in [-0.3, -0.25) is 19.2 Å². The van der Waals surface area contributed by atoms with Gasteiger partial charge in [-0.25, -0.2) is 4.79 Å². The summed E-state index contributed by atoms with van der Waals surface area (Å²) in [4.78, 5) is 63.2. The number of methoxy groups -OCH3 is 1. The topological polar surface area (TPSA) is 146 Å². The third-order valence-electron chi connectivity index (χ3n) is 6.46. The van der Waals surface area contributed by atoms with Crippen molar-refractivity contribution in [2.45, 2.75) is 97.1 Å². The molecule has 0 radical (unpaired) electrons. The van der Waals surface area contributed by atoms with Crippen LogP contribution in [0.15, 0.2) is 23.5 Å². The second-order valence-electron chi connectivity index (χ2n) is 9.99. The molecule has 11 nitrogen and oxygen atoms in total. The summed E-state index contributed by atoms with van der Waals surface area (Å²) in [6.07, 6.45) is 3.06. The van der Waals surface area contributed by atoms with E-state index in [2.05, 4.69) is 10.6 Å². The van der Waals surface area contributed by atoms with Crippen molar-refractivity contribution in [3.8, 4) is 0 Å². The molecule has 1 aliphatic heterocycles. The summed E-state index contributed by atoms with van der Waals surface area (Å²) in [6, 6.07) is -1.89. The van der Waals surface area contributed by atoms with Gasteiger partial charge < -0.3 is 29.6 Å². The maximum Gasteiger partial charge on any atom is 0.332 e. The Hall–Kier alpha value is -3.37. The van der Waals surface area contributed by atoms with E-state index in [-0.39, 0.29) is 23.7 Å². The van der Waals surface area contributed by atoms with Gasteiger partial charge in [-0.15, -0.1) is 0 Å². The molecule has 6 atom stereocenters. The lowest BCUT2D eigenvalue weighted by molar-refractivity contribution is -0.175. The molecule has 0 aromatic heterocycles. The molecule has 0 aromatic carbocycles. The van der Waals surface area contributed by atoms with Crippen LogP contribution in [0.3, 0.4) is 0 Å². The number of rotatable bonds is 11. The molecule has 11 heteroatoms. The Bertz CT molecular complexity index is 941. The summed E-state index contributed by atoms with van der Waals surface area (Å²) < 4.78 is 22.3. The van der Waals surface area contributed by atoms with Gasteiger partial charge in [0.25, 0.3) is 5.91 Å². The molecule has 1 saturated heterocycles. The van der Waals surface area contributed by atoms with E-state index in [1.807, 2.05) is 20.8 Å². The normalized spacial score (nSPS) is 27.9. The predicted octanol–water partition coefficient (Wildman–Crippen LogP) is 2.09. The summed E-state index contributed by atoms with van der Waals surface area (Å²) in [5.41, 5.74) is 0.110. The van der Waals surface area contributed by atoms with Gasteiger partial charge in [0, 0.05) is 6.42 Å². The van der Waals surface area contributed by atoms with Crippen LogP contribution in [0.5, 0.6) is 0 Å². The van der Waals surface area contributed by atoms with E-state index in [9.17, 15) is 24.0 Å². The second-order valence-corrected chi connectivity index (χ2v) is 9.99. The van der Waals surface area contributed by atoms with Crippen LogP contribution in [0, 0.1) is 11.8 Å². The minimum absolute atomic E-state index is 0.0406. The number of unbranched alkanes of at least 4 members (excludes halogenated alkanes) is 1. The lowest BCUT2D eigenvalue weighted by atomic mass is 9.92. The quantitative estimate of drug-likeness (QED) is 0.230. The van der Waals surface area contributed by atoms with Gasteiger partial charge in [0.1, 0.15) is 18.0 Å². The van der Waals surface area contributed by atoms with Gasteiger partial charge >= 0.3 is 17.9 Å². The largest absolute Gasteiger partial charge is 0.498 e. The van der Waals surface area contributed by atoms with Crippen LogP contribution in [0.2, 0.25) is 0 Å². The Balaban J connectivity index is 2.34. The van der Waals surface area contributed by atoms with Gasteiger partial charge in [-0.1, -0.05) is 39.7 Å². The maximum atomic E-state index is 13.3. The highest BCUT2D eigenvalue weighted by Crippen LogP contribution is 2.27. The van der Waals surface area contributed by atoms with Crippen LogP contribution in [0.25, 0.3) is 0 Å². The Morgan fingerprint density at radius 2 is 1.84 bits per heavy atom. The first-order valence-electron chi connectivity index (χ1n) is 13.1. The molecule has 0 saturated carbocycles. The number of cyclic esters (lactones) is 2. The summed E-state index contributed by atoms with van der Waals surface area (Å²) >= 11 is 0. The zero-order valence-corrected chi connectivity index (χ0v) is 23.0. The predicted molar refractivity (Wildman–Crippen MR) is 136 cm³/mol. The van der Waals surface area contributed by atoms with Crippen molar-refractivity contribution in [3.05, 3.63) is 23.5 Å². The van der Waals surface area contributed by atoms with Crippen LogP contribution in [0.4, 0.5) is 0 Å². The third-order valence-corrected chi connectivity index (χ3v) is 6.46. The number of nitrogens with one attached hydrogen (secondary N) is 2. The summed E-state index contributed by atoms with van der Waals surface area (Å²) in [5, 5.41) is 5.17. The lowest BCUT2D eigenvalue weighted by Gasteiger charge is -2.29. The number of hydrogen-bond donors (Lipinski definition) is 2. The monoisotopic (exact) mass is 536 g/mol. The van der Waals surface area contributed by atoms with E-state index < -0.39 is 60.1 Å². The second kappa shape index (κ2) is 14.5. The fourth-order valence-electron chi connectivity index (χ4n) is 4.49. The number of ether oxygens (including phenoxy) is 4. The van der Waals surface area contributed by atoms with Crippen LogP contribution in [-0.2, 0) is 42.9 Å². The van der Waals surface area contributed by atoms with Gasteiger partial charge in [0.15, 0.2) is 12.1 Å². The lowest BCUT2D eigenvalue weighted by Crippen LogP contribution is -2.51. The third kappa shape index (κ3) is 8.06. The summed E-state index contributed by atoms with van der Waals surface area (Å²) in [7, 11) is 1.37. The molecule has 0 aromatic rings. The van der Waals surface area contributed by atoms with Crippen molar-refractivity contribution in [3.63, 3.8) is 0 Å². The molecule has 1 fully saturated rings. The molecule has 0 bridgehead atoms. The molecular formula is C27H40N2O9. The van der Waals surface area contributed by atoms with Gasteiger partial charge in [-0.2, -0.15) is 0 Å². The molecule has 212 valence electrons. The summed E-state index contributed by atoms with van der Waals surface area (Å²) in [5.74, 6) is -3.22. The molecule has 2 N–H and O–H groups in total. The Morgan fingerprint density at radius 1 is 1.16 bits per heavy atom. The molecule has 1 aliphatic carbocycles. The van der Waals surface area contributed by atoms with Crippen molar-refractivity contribution >= 4 is 30.2 Å². The minimum atomic E-state index is -1.34. The van der Waals surface area contributed by atoms with Crippen LogP contribution in [0.1, 0.15) is 66.7 Å². The van der Waals surface area contributed by atoms with Crippen molar-refractivity contribution in [2.75, 3.05) is 7.11 Å². The first kappa shape index (κ1) is 30.9. The Labute approximate surface area is 223 Å². The average molecular weight is 537 g/mol. The Kier molecular flexibility index (Phi) is 11.8. The molecule has 38 heavy (non-hydrogen) atoms. The number of carbonyl (C=O) groups excluding carboxylic acids is 5. The van der Waals surface area contributed by atoms with Gasteiger partial charge in [0.2, 0.25) is 6.41 Å². The number of carbonyl (C=O) groups is 5. The molecule has 1 heterocycles. The SMILES string of the molecule is CCCC[C@H]1C(=O)OC(C)C(NC(=O)C2=C(OC)[C@H](NC=O)CC=C2)C(=O)O[C@@H](C)C1OC(=O)CC(C)C. The van der Waals surface area contributed by atoms with Crippen LogP contribution < -0.4 is 10.6 Å². The molecule has 2 aliphatic rings. The molecule has 2 amide bonds. The average Bonchev–Trinajstić information content (AvgIpc) is 2.87. The van der Waals surface area contributed by atoms with E-state index in [0.717, 1.165) is 6.42 Å². The number of esters is 3. The molecular weight excluding hydrogens is 496 g/mol. The molecule has 3 unspecified atom stereocenters. The van der Waals surface area contributed by atoms with Gasteiger partial charge in [0.05, 0.1) is 24.6 Å². The fraction of sp³-hybridized carbons (Fsp3) is 0.667. The van der Waals surface area contributed by atoms with E-state index in [1.54, 1.807) is 13.0 Å². The van der Waals surface area contributed by atoms with E-state index in [1.165, 1.54) is 20.1 Å². The fourth-order valence-corrected chi connectivity index (χ4v) is 4.49. The molecule has 0 spiro atoms. The van der Waals surface area contributed by atoms with Crippen LogP contribution in [-0.4, -0.2) is 67.7 Å². The first-order valence-corrected chi connectivity index (χ1v) is 13.1. The smallest absolute Gasteiger partial charge is 0.332 e. The molecule has 2 rings (SSSR count). The van der Waals surface area contributed by atoms with Crippen molar-refractivity contribution in [1.82, 2.24) is 10.6 Å². The van der Waals surface area contributed by atoms with E-state index in [4.69, 9.17) is 18.9 Å². The number of amides is 2. The van der Waals surface area contributed by atoms with E-state index in [0.29, 0.717) is 25.7 Å². The zero-order valence-electron chi connectivity index (χ0n) is 23.0. The Morgan fingerprint density at radius 3 is 2.45 bits per heavy atom. The summed E-state index contributed by atoms with van der Waals surface area (Å²) in [6.45, 7) is 8.74. The van der Waals surface area contributed by atoms with Crippen molar-refractivity contribution in [1.29, 1.82) is 0 Å². The first-order chi connectivity index (χ1) is 18.0. The van der Waals surface area contributed by atoms with Gasteiger partial charge in [-0.05, 0) is 38.7 Å². The van der Waals surface area contributed by atoms with Crippen molar-refractivity contribution < 1.29 is 42.9 Å². The van der Waals surface area contributed by atoms with Crippen molar-refractivity contribution in [2.24, 2.45) is 11.8 Å².